The highest BCUT2D eigenvalue weighted by Crippen LogP contribution is 2.31. The van der Waals surface area contributed by atoms with Crippen LogP contribution in [0, 0.1) is 0 Å². The molecule has 1 aromatic heterocycles. The summed E-state index contributed by atoms with van der Waals surface area (Å²) in [6.45, 7) is -1.61. The zero-order chi connectivity index (χ0) is 22.5. The number of alkyl halides is 6. The summed E-state index contributed by atoms with van der Waals surface area (Å²) in [4.78, 5) is 11.7. The Hall–Kier alpha value is -3.37. The largest absolute Gasteiger partial charge is 0.454 e. The van der Waals surface area contributed by atoms with Crippen LogP contribution in [0.3, 0.4) is 0 Å². The molecule has 1 N–H and O–H groups in total. The molecule has 11 heteroatoms. The van der Waals surface area contributed by atoms with Crippen LogP contribution in [-0.2, 0) is 19.0 Å². The maximum absolute atomic E-state index is 12.9. The average Bonchev–Trinajstić information content (AvgIpc) is 2.71. The van der Waals surface area contributed by atoms with Gasteiger partial charge in [0, 0.05) is 12.1 Å². The number of rotatable bonds is 7. The predicted molar refractivity (Wildman–Crippen MR) is 100.0 cm³/mol. The van der Waals surface area contributed by atoms with E-state index in [1.54, 1.807) is 0 Å². The molecule has 0 unspecified atom stereocenters. The van der Waals surface area contributed by atoms with Gasteiger partial charge in [0.05, 0.1) is 5.56 Å². The second-order valence-corrected chi connectivity index (χ2v) is 6.45. The van der Waals surface area contributed by atoms with Crippen LogP contribution in [0.15, 0.2) is 54.6 Å². The van der Waals surface area contributed by atoms with Gasteiger partial charge < -0.3 is 10.1 Å². The molecule has 0 atom stereocenters. The van der Waals surface area contributed by atoms with Crippen molar-refractivity contribution < 1.29 is 31.1 Å². The van der Waals surface area contributed by atoms with Gasteiger partial charge in [-0.1, -0.05) is 36.4 Å². The summed E-state index contributed by atoms with van der Waals surface area (Å²) in [6, 6.07) is 12.9. The lowest BCUT2D eigenvalue weighted by atomic mass is 10.1. The standard InChI is InChI=1S/C20H16F6N4O/c21-19(22,23)12-31-18-29-16(10-9-13-5-2-1-3-6-13)28-17(30-18)27-15-8-4-7-14(11-15)20(24,25)26/h1-8,11H,9-10,12H2,(H,27,28,29,30). The van der Waals surface area contributed by atoms with Gasteiger partial charge in [-0.3, -0.25) is 0 Å². The monoisotopic (exact) mass is 442 g/mol. The minimum Gasteiger partial charge on any atom is -0.454 e. The Morgan fingerprint density at radius 3 is 2.23 bits per heavy atom. The van der Waals surface area contributed by atoms with Crippen molar-refractivity contribution in [1.82, 2.24) is 15.0 Å². The van der Waals surface area contributed by atoms with Crippen molar-refractivity contribution in [2.75, 3.05) is 11.9 Å². The van der Waals surface area contributed by atoms with Crippen LogP contribution in [-0.4, -0.2) is 27.7 Å². The molecule has 3 rings (SSSR count). The van der Waals surface area contributed by atoms with Crippen LogP contribution in [0.2, 0.25) is 0 Å². The molecule has 0 aliphatic heterocycles. The van der Waals surface area contributed by atoms with Crippen LogP contribution >= 0.6 is 0 Å². The molecule has 31 heavy (non-hydrogen) atoms. The first-order valence-electron chi connectivity index (χ1n) is 9.01. The predicted octanol–water partition coefficient (Wildman–Crippen LogP) is 5.36. The van der Waals surface area contributed by atoms with Crippen molar-refractivity contribution in [3.05, 3.63) is 71.5 Å². The van der Waals surface area contributed by atoms with Crippen molar-refractivity contribution >= 4 is 11.6 Å². The summed E-state index contributed by atoms with van der Waals surface area (Å²) < 4.78 is 80.8. The van der Waals surface area contributed by atoms with Crippen LogP contribution in [0.1, 0.15) is 17.0 Å². The molecule has 0 fully saturated rings. The van der Waals surface area contributed by atoms with Gasteiger partial charge in [-0.2, -0.15) is 41.3 Å². The van der Waals surface area contributed by atoms with Gasteiger partial charge in [0.2, 0.25) is 5.95 Å². The van der Waals surface area contributed by atoms with Crippen LogP contribution in [0.5, 0.6) is 6.01 Å². The SMILES string of the molecule is FC(F)(F)COc1nc(CCc2ccccc2)nc(Nc2cccc(C(F)(F)F)c2)n1. The zero-order valence-corrected chi connectivity index (χ0v) is 15.8. The van der Waals surface area contributed by atoms with E-state index in [2.05, 4.69) is 25.0 Å². The van der Waals surface area contributed by atoms with Gasteiger partial charge in [0.15, 0.2) is 6.61 Å². The number of anilines is 2. The van der Waals surface area contributed by atoms with Gasteiger partial charge in [0.25, 0.3) is 0 Å². The number of benzene rings is 2. The maximum atomic E-state index is 12.9. The van der Waals surface area contributed by atoms with Crippen molar-refractivity contribution in [2.45, 2.75) is 25.2 Å². The summed E-state index contributed by atoms with van der Waals surface area (Å²) >= 11 is 0. The molecule has 0 spiro atoms. The van der Waals surface area contributed by atoms with Crippen LogP contribution in [0.4, 0.5) is 38.0 Å². The highest BCUT2D eigenvalue weighted by Gasteiger charge is 2.31. The van der Waals surface area contributed by atoms with Crippen molar-refractivity contribution in [2.24, 2.45) is 0 Å². The van der Waals surface area contributed by atoms with Gasteiger partial charge >= 0.3 is 18.4 Å². The smallest absolute Gasteiger partial charge is 0.422 e. The number of nitrogens with zero attached hydrogens (tertiary/aromatic N) is 3. The first-order valence-corrected chi connectivity index (χ1v) is 9.01. The third-order valence-electron chi connectivity index (χ3n) is 3.95. The lowest BCUT2D eigenvalue weighted by molar-refractivity contribution is -0.154. The van der Waals surface area contributed by atoms with Crippen LogP contribution in [0.25, 0.3) is 0 Å². The van der Waals surface area contributed by atoms with Crippen LogP contribution < -0.4 is 10.1 Å². The summed E-state index contributed by atoms with van der Waals surface area (Å²) in [7, 11) is 0. The van der Waals surface area contributed by atoms with E-state index in [0.29, 0.717) is 6.42 Å². The summed E-state index contributed by atoms with van der Waals surface area (Å²) in [6.07, 6.45) is -8.41. The zero-order valence-electron chi connectivity index (χ0n) is 15.8. The van der Waals surface area contributed by atoms with E-state index in [1.807, 2.05) is 30.3 Å². The quantitative estimate of drug-likeness (QED) is 0.499. The molecule has 1 heterocycles. The summed E-state index contributed by atoms with van der Waals surface area (Å²) in [5, 5.41) is 2.57. The van der Waals surface area contributed by atoms with Gasteiger partial charge in [0.1, 0.15) is 5.82 Å². The number of halogens is 6. The first kappa shape index (κ1) is 22.3. The Labute approximate surface area is 173 Å². The minimum absolute atomic E-state index is 0.0109. The van der Waals surface area contributed by atoms with E-state index in [-0.39, 0.29) is 23.9 Å². The molecule has 0 aliphatic rings. The van der Waals surface area contributed by atoms with E-state index in [9.17, 15) is 26.3 Å². The van der Waals surface area contributed by atoms with E-state index in [4.69, 9.17) is 0 Å². The molecule has 3 aromatic rings. The Kier molecular flexibility index (Phi) is 6.62. The molecular formula is C20H16F6N4O. The second kappa shape index (κ2) is 9.19. The molecule has 0 saturated heterocycles. The number of aryl methyl sites for hydroxylation is 2. The third kappa shape index (κ3) is 7.12. The fourth-order valence-electron chi connectivity index (χ4n) is 2.58. The average molecular weight is 442 g/mol. The number of hydrogen-bond acceptors (Lipinski definition) is 5. The molecule has 164 valence electrons. The van der Waals surface area contributed by atoms with E-state index in [1.165, 1.54) is 12.1 Å². The lowest BCUT2D eigenvalue weighted by Gasteiger charge is -2.12. The topological polar surface area (TPSA) is 59.9 Å². The van der Waals surface area contributed by atoms with Gasteiger partial charge in [-0.05, 0) is 30.2 Å². The molecule has 0 radical (unpaired) electrons. The molecule has 0 bridgehead atoms. The molecule has 0 amide bonds. The highest BCUT2D eigenvalue weighted by molar-refractivity contribution is 5.54. The summed E-state index contributed by atoms with van der Waals surface area (Å²) in [5.74, 6) is -0.0972. The third-order valence-corrected chi connectivity index (χ3v) is 3.95. The first-order chi connectivity index (χ1) is 14.6. The molecule has 5 nitrogen and oxygen atoms in total. The number of hydrogen-bond donors (Lipinski definition) is 1. The van der Waals surface area contributed by atoms with E-state index < -0.39 is 30.5 Å². The number of ether oxygens (including phenoxy) is 1. The van der Waals surface area contributed by atoms with E-state index in [0.717, 1.165) is 17.7 Å². The normalized spacial score (nSPS) is 11.9. The second-order valence-electron chi connectivity index (χ2n) is 6.45. The Bertz CT molecular complexity index is 1010. The molecule has 0 saturated carbocycles. The van der Waals surface area contributed by atoms with E-state index >= 15 is 0 Å². The molecule has 2 aromatic carbocycles. The number of nitrogens with one attached hydrogen (secondary N) is 1. The summed E-state index contributed by atoms with van der Waals surface area (Å²) in [5.41, 5.74) is 0.0641. The Balaban J connectivity index is 1.83. The molecule has 0 aliphatic carbocycles. The lowest BCUT2D eigenvalue weighted by Crippen LogP contribution is -2.21. The van der Waals surface area contributed by atoms with Gasteiger partial charge in [-0.25, -0.2) is 0 Å². The fourth-order valence-corrected chi connectivity index (χ4v) is 2.58. The Morgan fingerprint density at radius 2 is 1.55 bits per heavy atom. The minimum atomic E-state index is -4.61. The maximum Gasteiger partial charge on any atom is 0.422 e. The fraction of sp³-hybridized carbons (Fsp3) is 0.250. The van der Waals surface area contributed by atoms with Crippen molar-refractivity contribution in [1.29, 1.82) is 0 Å². The highest BCUT2D eigenvalue weighted by atomic mass is 19.4. The number of aromatic nitrogens is 3. The molecular weight excluding hydrogens is 426 g/mol. The Morgan fingerprint density at radius 1 is 0.806 bits per heavy atom. The van der Waals surface area contributed by atoms with Gasteiger partial charge in [-0.15, -0.1) is 0 Å². The van der Waals surface area contributed by atoms with Crippen molar-refractivity contribution in [3.8, 4) is 6.01 Å². The van der Waals surface area contributed by atoms with Crippen molar-refractivity contribution in [3.63, 3.8) is 0 Å².